The number of ketones is 2. The van der Waals surface area contributed by atoms with Gasteiger partial charge in [-0.1, -0.05) is 37.0 Å². The molecular formula is C13H13Cl2FO2. The summed E-state index contributed by atoms with van der Waals surface area (Å²) in [5.74, 6) is -2.12. The smallest absolute Gasteiger partial charge is 0.221 e. The molecule has 0 spiro atoms. The van der Waals surface area contributed by atoms with E-state index in [1.165, 1.54) is 18.2 Å². The zero-order valence-corrected chi connectivity index (χ0v) is 11.6. The Bertz CT molecular complexity index is 474. The lowest BCUT2D eigenvalue weighted by atomic mass is 9.95. The molecule has 5 heteroatoms. The molecule has 0 aliphatic rings. The zero-order chi connectivity index (χ0) is 13.9. The maximum absolute atomic E-state index is 13.8. The predicted octanol–water partition coefficient (Wildman–Crippen LogP) is 4.13. The molecule has 0 amide bonds. The van der Waals surface area contributed by atoms with Crippen LogP contribution < -0.4 is 0 Å². The van der Waals surface area contributed by atoms with Crippen LogP contribution in [0.4, 0.5) is 4.39 Å². The first-order valence-corrected chi connectivity index (χ1v) is 6.31. The fraction of sp³-hybridized carbons (Fsp3) is 0.385. The number of carbonyl (C=O) groups excluding carboxylic acids is 2. The van der Waals surface area contributed by atoms with Gasteiger partial charge in [-0.2, -0.15) is 0 Å². The van der Waals surface area contributed by atoms with Crippen LogP contribution in [0.15, 0.2) is 18.2 Å². The molecule has 2 nitrogen and oxygen atoms in total. The fourth-order valence-electron chi connectivity index (χ4n) is 1.41. The number of hydrogen-bond donors (Lipinski definition) is 0. The molecular weight excluding hydrogens is 278 g/mol. The summed E-state index contributed by atoms with van der Waals surface area (Å²) in [6.45, 7) is 3.35. The highest BCUT2D eigenvalue weighted by molar-refractivity contribution is 6.37. The summed E-state index contributed by atoms with van der Waals surface area (Å²) in [7, 11) is 0. The second kappa shape index (κ2) is 6.30. The van der Waals surface area contributed by atoms with Crippen LogP contribution in [0.1, 0.15) is 30.6 Å². The molecule has 18 heavy (non-hydrogen) atoms. The van der Waals surface area contributed by atoms with E-state index in [0.717, 1.165) is 0 Å². The van der Waals surface area contributed by atoms with E-state index >= 15 is 0 Å². The minimum atomic E-state index is -2.17. The molecule has 98 valence electrons. The van der Waals surface area contributed by atoms with Crippen LogP contribution in [0, 0.1) is 5.92 Å². The van der Waals surface area contributed by atoms with E-state index in [2.05, 4.69) is 0 Å². The molecule has 2 unspecified atom stereocenters. The molecule has 1 aromatic carbocycles. The van der Waals surface area contributed by atoms with Crippen LogP contribution in [-0.4, -0.2) is 17.7 Å². The molecule has 0 saturated heterocycles. The quantitative estimate of drug-likeness (QED) is 0.604. The Morgan fingerprint density at radius 2 is 1.94 bits per heavy atom. The predicted molar refractivity (Wildman–Crippen MR) is 70.2 cm³/mol. The fourth-order valence-corrected chi connectivity index (χ4v) is 1.91. The summed E-state index contributed by atoms with van der Waals surface area (Å²) in [6, 6.07) is 4.10. The van der Waals surface area contributed by atoms with Crippen molar-refractivity contribution in [2.24, 2.45) is 5.92 Å². The zero-order valence-electron chi connectivity index (χ0n) is 10.0. The normalized spacial score (nSPS) is 14.1. The molecule has 1 rings (SSSR count). The Labute approximate surface area is 115 Å². The van der Waals surface area contributed by atoms with Crippen molar-refractivity contribution in [1.82, 2.24) is 0 Å². The van der Waals surface area contributed by atoms with Gasteiger partial charge in [0.15, 0.2) is 5.78 Å². The van der Waals surface area contributed by atoms with Gasteiger partial charge < -0.3 is 0 Å². The standard InChI is InChI=1S/C13H13Cl2FO2/c1-3-7(2)12(17)11(16)13(18)9-5-4-8(14)6-10(9)15/h4-7,11H,3H2,1-2H3. The van der Waals surface area contributed by atoms with E-state index < -0.39 is 23.7 Å². The van der Waals surface area contributed by atoms with Gasteiger partial charge in [0.25, 0.3) is 0 Å². The second-order valence-electron chi connectivity index (χ2n) is 4.06. The van der Waals surface area contributed by atoms with E-state index in [4.69, 9.17) is 23.2 Å². The minimum absolute atomic E-state index is 0.0229. The lowest BCUT2D eigenvalue weighted by Gasteiger charge is -2.12. The summed E-state index contributed by atoms with van der Waals surface area (Å²) in [5.41, 5.74) is -0.0229. The maximum Gasteiger partial charge on any atom is 0.221 e. The molecule has 0 saturated carbocycles. The van der Waals surface area contributed by atoms with E-state index in [-0.39, 0.29) is 10.6 Å². The van der Waals surface area contributed by atoms with Gasteiger partial charge in [0.05, 0.1) is 5.02 Å². The number of Topliss-reactive ketones (excluding diaryl/α,β-unsaturated/α-hetero) is 2. The largest absolute Gasteiger partial charge is 0.296 e. The van der Waals surface area contributed by atoms with Crippen LogP contribution >= 0.6 is 23.2 Å². The lowest BCUT2D eigenvalue weighted by molar-refractivity contribution is -0.125. The highest BCUT2D eigenvalue weighted by Crippen LogP contribution is 2.24. The Morgan fingerprint density at radius 3 is 2.44 bits per heavy atom. The van der Waals surface area contributed by atoms with Gasteiger partial charge in [-0.3, -0.25) is 9.59 Å². The van der Waals surface area contributed by atoms with Gasteiger partial charge in [0.1, 0.15) is 0 Å². The number of alkyl halides is 1. The van der Waals surface area contributed by atoms with Crippen LogP contribution in [0.3, 0.4) is 0 Å². The Morgan fingerprint density at radius 1 is 1.33 bits per heavy atom. The third-order valence-corrected chi connectivity index (χ3v) is 3.32. The molecule has 1 aromatic rings. The third kappa shape index (κ3) is 3.30. The van der Waals surface area contributed by atoms with Crippen molar-refractivity contribution in [3.8, 4) is 0 Å². The molecule has 0 aromatic heterocycles. The van der Waals surface area contributed by atoms with Crippen molar-refractivity contribution in [3.05, 3.63) is 33.8 Å². The Kier molecular flexibility index (Phi) is 5.29. The Balaban J connectivity index is 2.97. The third-order valence-electron chi connectivity index (χ3n) is 2.77. The first-order valence-electron chi connectivity index (χ1n) is 5.55. The molecule has 0 aliphatic carbocycles. The SMILES string of the molecule is CCC(C)C(=O)C(F)C(=O)c1ccc(Cl)cc1Cl. The Hall–Kier alpha value is -0.930. The highest BCUT2D eigenvalue weighted by Gasteiger charge is 2.31. The highest BCUT2D eigenvalue weighted by atomic mass is 35.5. The van der Waals surface area contributed by atoms with Gasteiger partial charge in [0.2, 0.25) is 12.0 Å². The number of halogens is 3. The number of rotatable bonds is 5. The average Bonchev–Trinajstić information content (AvgIpc) is 2.35. The number of carbonyl (C=O) groups is 2. The monoisotopic (exact) mass is 290 g/mol. The number of hydrogen-bond acceptors (Lipinski definition) is 2. The van der Waals surface area contributed by atoms with Gasteiger partial charge in [-0.05, 0) is 24.6 Å². The summed E-state index contributed by atoms with van der Waals surface area (Å²) in [5, 5.41) is 0.396. The minimum Gasteiger partial charge on any atom is -0.296 e. The van der Waals surface area contributed by atoms with Crippen molar-refractivity contribution in [2.45, 2.75) is 26.4 Å². The molecule has 2 atom stereocenters. The average molecular weight is 291 g/mol. The van der Waals surface area contributed by atoms with Crippen molar-refractivity contribution < 1.29 is 14.0 Å². The van der Waals surface area contributed by atoms with Gasteiger partial charge in [0, 0.05) is 16.5 Å². The van der Waals surface area contributed by atoms with Crippen LogP contribution in [0.2, 0.25) is 10.0 Å². The summed E-state index contributed by atoms with van der Waals surface area (Å²) < 4.78 is 13.8. The van der Waals surface area contributed by atoms with Crippen molar-refractivity contribution in [1.29, 1.82) is 0 Å². The first kappa shape index (κ1) is 15.1. The van der Waals surface area contributed by atoms with Crippen LogP contribution in [0.25, 0.3) is 0 Å². The second-order valence-corrected chi connectivity index (χ2v) is 4.91. The van der Waals surface area contributed by atoms with Crippen LogP contribution in [0.5, 0.6) is 0 Å². The molecule has 0 fully saturated rings. The summed E-state index contributed by atoms with van der Waals surface area (Å²) in [4.78, 5) is 23.4. The topological polar surface area (TPSA) is 34.1 Å². The molecule has 0 N–H and O–H groups in total. The summed E-state index contributed by atoms with van der Waals surface area (Å²) in [6.07, 6.45) is -1.68. The van der Waals surface area contributed by atoms with E-state index in [0.29, 0.717) is 11.4 Å². The van der Waals surface area contributed by atoms with E-state index in [9.17, 15) is 14.0 Å². The molecule has 0 aliphatic heterocycles. The lowest BCUT2D eigenvalue weighted by Crippen LogP contribution is -2.30. The van der Waals surface area contributed by atoms with Crippen molar-refractivity contribution in [2.75, 3.05) is 0 Å². The van der Waals surface area contributed by atoms with Crippen LogP contribution in [-0.2, 0) is 4.79 Å². The maximum atomic E-state index is 13.8. The van der Waals surface area contributed by atoms with Crippen molar-refractivity contribution in [3.63, 3.8) is 0 Å². The molecule has 0 bridgehead atoms. The van der Waals surface area contributed by atoms with Gasteiger partial charge in [-0.15, -0.1) is 0 Å². The van der Waals surface area contributed by atoms with E-state index in [1.54, 1.807) is 13.8 Å². The van der Waals surface area contributed by atoms with Gasteiger partial charge >= 0.3 is 0 Å². The first-order chi connectivity index (χ1) is 8.38. The van der Waals surface area contributed by atoms with Gasteiger partial charge in [-0.25, -0.2) is 4.39 Å². The van der Waals surface area contributed by atoms with E-state index in [1.807, 2.05) is 0 Å². The molecule has 0 radical (unpaired) electrons. The molecule has 0 heterocycles. The number of benzene rings is 1. The van der Waals surface area contributed by atoms with Crippen molar-refractivity contribution >= 4 is 34.8 Å². The summed E-state index contributed by atoms with van der Waals surface area (Å²) >= 11 is 11.5.